The Balaban J connectivity index is 1.65. The van der Waals surface area contributed by atoms with E-state index in [4.69, 9.17) is 9.47 Å². The molecule has 0 saturated heterocycles. The van der Waals surface area contributed by atoms with Crippen molar-refractivity contribution in [1.29, 1.82) is 0 Å². The standard InChI is InChI=1S/C23H22N4O5S2/c1-12-5-6-14(9-13(12)2)27-8-7-24-23(27)33-11-16-25-20(29)18-15(10-17(28)31-3)19(22(30)32-4)34-21(18)26-16/h5-9H,10-11H2,1-4H3,(H,25,26,29). The molecule has 0 aliphatic rings. The minimum atomic E-state index is -0.632. The number of benzene rings is 1. The first-order valence-corrected chi connectivity index (χ1v) is 12.1. The molecular weight excluding hydrogens is 476 g/mol. The second-order valence-corrected chi connectivity index (χ2v) is 9.43. The molecule has 3 heterocycles. The molecule has 3 aromatic heterocycles. The molecule has 176 valence electrons. The van der Waals surface area contributed by atoms with Crippen molar-refractivity contribution in [3.8, 4) is 5.69 Å². The largest absolute Gasteiger partial charge is 0.469 e. The number of carbonyl (C=O) groups is 2. The number of nitrogens with zero attached hydrogens (tertiary/aromatic N) is 3. The maximum absolute atomic E-state index is 12.9. The Morgan fingerprint density at radius 1 is 1.18 bits per heavy atom. The quantitative estimate of drug-likeness (QED) is 0.304. The van der Waals surface area contributed by atoms with Gasteiger partial charge in [0.25, 0.3) is 5.56 Å². The van der Waals surface area contributed by atoms with Gasteiger partial charge in [0.1, 0.15) is 15.5 Å². The van der Waals surface area contributed by atoms with Crippen molar-refractivity contribution < 1.29 is 19.1 Å². The summed E-state index contributed by atoms with van der Waals surface area (Å²) in [6, 6.07) is 6.19. The number of aromatic nitrogens is 4. The van der Waals surface area contributed by atoms with Gasteiger partial charge in [0.15, 0.2) is 5.16 Å². The molecule has 4 rings (SSSR count). The summed E-state index contributed by atoms with van der Waals surface area (Å²) in [5, 5.41) is 0.944. The van der Waals surface area contributed by atoms with Crippen LogP contribution in [0.1, 0.15) is 32.2 Å². The number of methoxy groups -OCH3 is 2. The summed E-state index contributed by atoms with van der Waals surface area (Å²) in [5.41, 5.74) is 3.22. The number of aryl methyl sites for hydroxylation is 2. The predicted molar refractivity (Wildman–Crippen MR) is 130 cm³/mol. The fraction of sp³-hybridized carbons (Fsp3) is 0.261. The van der Waals surface area contributed by atoms with Gasteiger partial charge in [0.2, 0.25) is 0 Å². The average molecular weight is 499 g/mol. The summed E-state index contributed by atoms with van der Waals surface area (Å²) < 4.78 is 11.5. The van der Waals surface area contributed by atoms with Crippen LogP contribution in [0.5, 0.6) is 0 Å². The average Bonchev–Trinajstić information content (AvgIpc) is 3.44. The van der Waals surface area contributed by atoms with Crippen LogP contribution in [-0.4, -0.2) is 45.7 Å². The van der Waals surface area contributed by atoms with Gasteiger partial charge in [-0.3, -0.25) is 14.2 Å². The second-order valence-electron chi connectivity index (χ2n) is 7.48. The zero-order valence-electron chi connectivity index (χ0n) is 19.0. The van der Waals surface area contributed by atoms with Gasteiger partial charge >= 0.3 is 11.9 Å². The zero-order chi connectivity index (χ0) is 24.4. The number of hydrogen-bond acceptors (Lipinski definition) is 9. The third-order valence-electron chi connectivity index (χ3n) is 5.34. The van der Waals surface area contributed by atoms with Crippen molar-refractivity contribution in [1.82, 2.24) is 19.5 Å². The number of esters is 2. The molecule has 0 aliphatic heterocycles. The van der Waals surface area contributed by atoms with E-state index in [9.17, 15) is 14.4 Å². The van der Waals surface area contributed by atoms with Crippen molar-refractivity contribution in [3.63, 3.8) is 0 Å². The number of thiophene rings is 1. The van der Waals surface area contributed by atoms with Gasteiger partial charge in [-0.25, -0.2) is 14.8 Å². The number of ether oxygens (including phenoxy) is 2. The Morgan fingerprint density at radius 3 is 2.68 bits per heavy atom. The Bertz CT molecular complexity index is 1450. The van der Waals surface area contributed by atoms with E-state index in [1.807, 2.05) is 16.8 Å². The first-order chi connectivity index (χ1) is 16.3. The summed E-state index contributed by atoms with van der Waals surface area (Å²) in [4.78, 5) is 49.3. The number of hydrogen-bond donors (Lipinski definition) is 1. The maximum Gasteiger partial charge on any atom is 0.348 e. The summed E-state index contributed by atoms with van der Waals surface area (Å²) in [6.07, 6.45) is 3.37. The molecule has 0 amide bonds. The van der Waals surface area contributed by atoms with E-state index < -0.39 is 17.5 Å². The number of thioether (sulfide) groups is 1. The number of carbonyl (C=O) groups excluding carboxylic acids is 2. The molecule has 0 radical (unpaired) electrons. The molecule has 0 atom stereocenters. The van der Waals surface area contributed by atoms with Gasteiger partial charge in [0, 0.05) is 23.6 Å². The fourth-order valence-corrected chi connectivity index (χ4v) is 5.40. The lowest BCUT2D eigenvalue weighted by Crippen LogP contribution is -2.15. The van der Waals surface area contributed by atoms with Crippen LogP contribution in [0.2, 0.25) is 0 Å². The van der Waals surface area contributed by atoms with E-state index in [1.165, 1.54) is 37.1 Å². The van der Waals surface area contributed by atoms with Crippen LogP contribution in [0.3, 0.4) is 0 Å². The summed E-state index contributed by atoms with van der Waals surface area (Å²) in [7, 11) is 2.49. The van der Waals surface area contributed by atoms with E-state index in [0.717, 1.165) is 22.2 Å². The minimum Gasteiger partial charge on any atom is -0.469 e. The second kappa shape index (κ2) is 9.82. The molecule has 0 spiro atoms. The van der Waals surface area contributed by atoms with E-state index in [2.05, 4.69) is 40.9 Å². The highest BCUT2D eigenvalue weighted by molar-refractivity contribution is 7.98. The van der Waals surface area contributed by atoms with Crippen LogP contribution in [0.15, 0.2) is 40.5 Å². The number of imidazole rings is 1. The molecule has 4 aromatic rings. The smallest absolute Gasteiger partial charge is 0.348 e. The topological polar surface area (TPSA) is 116 Å². The fourth-order valence-electron chi connectivity index (χ4n) is 3.42. The lowest BCUT2D eigenvalue weighted by molar-refractivity contribution is -0.139. The van der Waals surface area contributed by atoms with Crippen molar-refractivity contribution in [2.75, 3.05) is 14.2 Å². The molecule has 0 fully saturated rings. The van der Waals surface area contributed by atoms with Crippen LogP contribution in [-0.2, 0) is 26.4 Å². The Kier molecular flexibility index (Phi) is 6.85. The lowest BCUT2D eigenvalue weighted by Gasteiger charge is -2.09. The summed E-state index contributed by atoms with van der Waals surface area (Å²) in [5.74, 6) is -0.417. The monoisotopic (exact) mass is 498 g/mol. The van der Waals surface area contributed by atoms with E-state index >= 15 is 0 Å². The van der Waals surface area contributed by atoms with Crippen molar-refractivity contribution in [3.05, 3.63) is 68.3 Å². The van der Waals surface area contributed by atoms with Gasteiger partial charge in [-0.2, -0.15) is 0 Å². The number of H-pyrrole nitrogens is 1. The van der Waals surface area contributed by atoms with E-state index in [-0.39, 0.29) is 22.2 Å². The molecule has 0 unspecified atom stereocenters. The molecule has 0 saturated carbocycles. The highest BCUT2D eigenvalue weighted by atomic mass is 32.2. The number of nitrogens with one attached hydrogen (secondary N) is 1. The van der Waals surface area contributed by atoms with E-state index in [1.54, 1.807) is 6.20 Å². The Hall–Kier alpha value is -3.44. The first-order valence-electron chi connectivity index (χ1n) is 10.3. The molecule has 0 aliphatic carbocycles. The maximum atomic E-state index is 12.9. The zero-order valence-corrected chi connectivity index (χ0v) is 20.6. The van der Waals surface area contributed by atoms with Crippen LogP contribution in [0.4, 0.5) is 0 Å². The molecule has 9 nitrogen and oxygen atoms in total. The highest BCUT2D eigenvalue weighted by Gasteiger charge is 2.25. The molecule has 1 N–H and O–H groups in total. The number of aromatic amines is 1. The van der Waals surface area contributed by atoms with Gasteiger partial charge in [0.05, 0.1) is 31.8 Å². The molecule has 0 bridgehead atoms. The van der Waals surface area contributed by atoms with Gasteiger partial charge in [-0.15, -0.1) is 11.3 Å². The van der Waals surface area contributed by atoms with Gasteiger partial charge < -0.3 is 14.5 Å². The van der Waals surface area contributed by atoms with Crippen molar-refractivity contribution >= 4 is 45.3 Å². The molecule has 34 heavy (non-hydrogen) atoms. The summed E-state index contributed by atoms with van der Waals surface area (Å²) >= 11 is 2.44. The summed E-state index contributed by atoms with van der Waals surface area (Å²) in [6.45, 7) is 4.12. The van der Waals surface area contributed by atoms with Crippen LogP contribution >= 0.6 is 23.1 Å². The van der Waals surface area contributed by atoms with Gasteiger partial charge in [-0.1, -0.05) is 17.8 Å². The van der Waals surface area contributed by atoms with Crippen LogP contribution < -0.4 is 5.56 Å². The molecular formula is C23H22N4O5S2. The highest BCUT2D eigenvalue weighted by Crippen LogP contribution is 2.30. The Labute approximate surface area is 203 Å². The molecule has 11 heteroatoms. The third kappa shape index (κ3) is 4.62. The van der Waals surface area contributed by atoms with Crippen molar-refractivity contribution in [2.45, 2.75) is 31.2 Å². The third-order valence-corrected chi connectivity index (χ3v) is 7.43. The Morgan fingerprint density at radius 2 is 1.97 bits per heavy atom. The minimum absolute atomic E-state index is 0.163. The van der Waals surface area contributed by atoms with Crippen LogP contribution in [0, 0.1) is 13.8 Å². The van der Waals surface area contributed by atoms with E-state index in [0.29, 0.717) is 16.4 Å². The lowest BCUT2D eigenvalue weighted by atomic mass is 10.1. The number of fused-ring (bicyclic) bond motifs is 1. The van der Waals surface area contributed by atoms with Gasteiger partial charge in [-0.05, 0) is 37.1 Å². The number of rotatable bonds is 7. The van der Waals surface area contributed by atoms with Crippen LogP contribution in [0.25, 0.3) is 15.9 Å². The molecule has 1 aromatic carbocycles. The SMILES string of the molecule is COC(=O)Cc1c(C(=O)OC)sc2nc(CSc3nccn3-c3ccc(C)c(C)c3)[nH]c(=O)c12. The van der Waals surface area contributed by atoms with Crippen molar-refractivity contribution in [2.24, 2.45) is 0 Å². The first kappa shape index (κ1) is 23.7. The predicted octanol–water partition coefficient (Wildman–Crippen LogP) is 3.58. The normalized spacial score (nSPS) is 11.1.